The Balaban J connectivity index is 2.27. The number of furan rings is 1. The minimum absolute atomic E-state index is 0.0902. The van der Waals surface area contributed by atoms with E-state index in [9.17, 15) is 14.7 Å². The van der Waals surface area contributed by atoms with Crippen LogP contribution in [0.4, 0.5) is 5.69 Å². The van der Waals surface area contributed by atoms with E-state index >= 15 is 0 Å². The summed E-state index contributed by atoms with van der Waals surface area (Å²) in [6.07, 6.45) is 0. The van der Waals surface area contributed by atoms with Crippen molar-refractivity contribution in [3.8, 4) is 6.07 Å². The highest BCUT2D eigenvalue weighted by atomic mass is 16.5. The fraction of sp³-hybridized carbons (Fsp3) is 0.235. The summed E-state index contributed by atoms with van der Waals surface area (Å²) in [5.41, 5.74) is 1.17. The number of carbonyl (C=O) groups excluding carboxylic acids is 1. The second kappa shape index (κ2) is 7.33. The molecule has 0 aliphatic carbocycles. The van der Waals surface area contributed by atoms with Crippen molar-refractivity contribution in [2.75, 3.05) is 11.9 Å². The van der Waals surface area contributed by atoms with E-state index in [2.05, 4.69) is 5.32 Å². The summed E-state index contributed by atoms with van der Waals surface area (Å²) in [4.78, 5) is 23.4. The Labute approximate surface area is 138 Å². The first-order valence-electron chi connectivity index (χ1n) is 7.23. The van der Waals surface area contributed by atoms with E-state index < -0.39 is 18.0 Å². The standard InChI is InChI=1S/C17H16N2O5/c1-3-23-17(22)13-8-14(24-10(13)2)15(16(20)21)19-12-6-4-11(9-18)5-7-12/h4-8,15,19H,3H2,1-2H3,(H,20,21). The van der Waals surface area contributed by atoms with Crippen LogP contribution in [0.25, 0.3) is 0 Å². The van der Waals surface area contributed by atoms with Crippen molar-refractivity contribution in [2.45, 2.75) is 19.9 Å². The third-order valence-corrected chi connectivity index (χ3v) is 3.29. The Morgan fingerprint density at radius 2 is 2.04 bits per heavy atom. The Bertz CT molecular complexity index is 786. The van der Waals surface area contributed by atoms with Gasteiger partial charge in [-0.3, -0.25) is 0 Å². The summed E-state index contributed by atoms with van der Waals surface area (Å²) in [5, 5.41) is 21.0. The smallest absolute Gasteiger partial charge is 0.341 e. The number of nitrogens with zero attached hydrogens (tertiary/aromatic N) is 1. The summed E-state index contributed by atoms with van der Waals surface area (Å²) in [6.45, 7) is 3.46. The monoisotopic (exact) mass is 328 g/mol. The number of hydrogen-bond acceptors (Lipinski definition) is 6. The number of benzene rings is 1. The number of rotatable bonds is 6. The second-order valence-electron chi connectivity index (χ2n) is 4.94. The molecule has 2 N–H and O–H groups in total. The molecule has 0 amide bonds. The number of esters is 1. The van der Waals surface area contributed by atoms with Crippen LogP contribution in [-0.2, 0) is 9.53 Å². The molecule has 1 heterocycles. The minimum atomic E-state index is -1.18. The van der Waals surface area contributed by atoms with Gasteiger partial charge in [0.15, 0.2) is 6.04 Å². The fourth-order valence-electron chi connectivity index (χ4n) is 2.12. The number of anilines is 1. The Morgan fingerprint density at radius 1 is 1.38 bits per heavy atom. The first kappa shape index (κ1) is 17.1. The van der Waals surface area contributed by atoms with Gasteiger partial charge in [0.1, 0.15) is 17.1 Å². The topological polar surface area (TPSA) is 113 Å². The zero-order valence-corrected chi connectivity index (χ0v) is 13.2. The van der Waals surface area contributed by atoms with Crippen molar-refractivity contribution in [3.05, 3.63) is 53.0 Å². The zero-order valence-electron chi connectivity index (χ0n) is 13.2. The second-order valence-corrected chi connectivity index (χ2v) is 4.94. The highest BCUT2D eigenvalue weighted by Crippen LogP contribution is 2.25. The number of nitrogens with one attached hydrogen (secondary N) is 1. The van der Waals surface area contributed by atoms with Gasteiger partial charge >= 0.3 is 11.9 Å². The van der Waals surface area contributed by atoms with Gasteiger partial charge in [-0.15, -0.1) is 0 Å². The van der Waals surface area contributed by atoms with E-state index in [0.29, 0.717) is 11.3 Å². The number of nitriles is 1. The molecule has 0 saturated heterocycles. The zero-order chi connectivity index (χ0) is 17.7. The van der Waals surface area contributed by atoms with Gasteiger partial charge in [0.25, 0.3) is 0 Å². The molecule has 2 rings (SSSR count). The predicted molar refractivity (Wildman–Crippen MR) is 84.6 cm³/mol. The van der Waals surface area contributed by atoms with Crippen LogP contribution in [0.5, 0.6) is 0 Å². The Kier molecular flexibility index (Phi) is 5.22. The molecule has 2 aromatic rings. The molecule has 1 atom stereocenters. The summed E-state index contributed by atoms with van der Waals surface area (Å²) >= 11 is 0. The van der Waals surface area contributed by atoms with Crippen LogP contribution in [-0.4, -0.2) is 23.7 Å². The number of hydrogen-bond donors (Lipinski definition) is 2. The van der Waals surface area contributed by atoms with Gasteiger partial charge in [-0.1, -0.05) is 0 Å². The molecule has 0 aliphatic heterocycles. The van der Waals surface area contributed by atoms with Crippen LogP contribution < -0.4 is 5.32 Å². The molecule has 1 aromatic carbocycles. The normalized spacial score (nSPS) is 11.4. The van der Waals surface area contributed by atoms with Gasteiger partial charge in [-0.05, 0) is 44.2 Å². The number of carbonyl (C=O) groups is 2. The quantitative estimate of drug-likeness (QED) is 0.784. The lowest BCUT2D eigenvalue weighted by Crippen LogP contribution is -2.20. The number of aryl methyl sites for hydroxylation is 1. The molecular formula is C17H16N2O5. The first-order valence-corrected chi connectivity index (χ1v) is 7.23. The molecule has 24 heavy (non-hydrogen) atoms. The lowest BCUT2D eigenvalue weighted by molar-refractivity contribution is -0.138. The van der Waals surface area contributed by atoms with Gasteiger partial charge in [-0.25, -0.2) is 9.59 Å². The van der Waals surface area contributed by atoms with Gasteiger partial charge in [0.2, 0.25) is 0 Å². The molecule has 0 aliphatic rings. The number of carboxylic acids is 1. The van der Waals surface area contributed by atoms with Crippen LogP contribution in [0.3, 0.4) is 0 Å². The van der Waals surface area contributed by atoms with Gasteiger partial charge in [-0.2, -0.15) is 5.26 Å². The van der Waals surface area contributed by atoms with Gasteiger partial charge < -0.3 is 19.6 Å². The lowest BCUT2D eigenvalue weighted by atomic mass is 10.1. The van der Waals surface area contributed by atoms with E-state index in [4.69, 9.17) is 14.4 Å². The maximum atomic E-state index is 11.8. The summed E-state index contributed by atoms with van der Waals surface area (Å²) in [7, 11) is 0. The largest absolute Gasteiger partial charge is 0.479 e. The molecule has 7 nitrogen and oxygen atoms in total. The highest BCUT2D eigenvalue weighted by Gasteiger charge is 2.27. The maximum absolute atomic E-state index is 11.8. The molecule has 1 unspecified atom stereocenters. The van der Waals surface area contributed by atoms with Crippen molar-refractivity contribution >= 4 is 17.6 Å². The van der Waals surface area contributed by atoms with Gasteiger partial charge in [0, 0.05) is 5.69 Å². The van der Waals surface area contributed by atoms with E-state index in [-0.39, 0.29) is 23.7 Å². The van der Waals surface area contributed by atoms with Crippen LogP contribution in [0.15, 0.2) is 34.7 Å². The van der Waals surface area contributed by atoms with Crippen LogP contribution >= 0.6 is 0 Å². The molecule has 0 fully saturated rings. The third kappa shape index (κ3) is 3.73. The van der Waals surface area contributed by atoms with Crippen molar-refractivity contribution in [1.82, 2.24) is 0 Å². The van der Waals surface area contributed by atoms with Crippen molar-refractivity contribution in [2.24, 2.45) is 0 Å². The lowest BCUT2D eigenvalue weighted by Gasteiger charge is -2.13. The third-order valence-electron chi connectivity index (χ3n) is 3.29. The fourth-order valence-corrected chi connectivity index (χ4v) is 2.12. The molecule has 124 valence electrons. The molecule has 0 bridgehead atoms. The number of aliphatic carboxylic acids is 1. The minimum Gasteiger partial charge on any atom is -0.479 e. The first-order chi connectivity index (χ1) is 11.5. The van der Waals surface area contributed by atoms with Crippen molar-refractivity contribution < 1.29 is 23.8 Å². The molecule has 1 aromatic heterocycles. The van der Waals surface area contributed by atoms with E-state index in [1.807, 2.05) is 6.07 Å². The van der Waals surface area contributed by atoms with E-state index in [1.165, 1.54) is 6.07 Å². The molecule has 7 heteroatoms. The van der Waals surface area contributed by atoms with E-state index in [1.54, 1.807) is 38.1 Å². The predicted octanol–water partition coefficient (Wildman–Crippen LogP) is 2.87. The van der Waals surface area contributed by atoms with Crippen LogP contribution in [0.2, 0.25) is 0 Å². The van der Waals surface area contributed by atoms with Gasteiger partial charge in [0.05, 0.1) is 18.2 Å². The Morgan fingerprint density at radius 3 is 2.58 bits per heavy atom. The molecule has 0 radical (unpaired) electrons. The number of carboxylic acid groups (broad SMARTS) is 1. The van der Waals surface area contributed by atoms with Crippen molar-refractivity contribution in [3.63, 3.8) is 0 Å². The molecular weight excluding hydrogens is 312 g/mol. The summed E-state index contributed by atoms with van der Waals surface area (Å²) in [5.74, 6) is -1.35. The highest BCUT2D eigenvalue weighted by molar-refractivity contribution is 5.91. The maximum Gasteiger partial charge on any atom is 0.341 e. The Hall–Kier alpha value is -3.27. The van der Waals surface area contributed by atoms with Crippen molar-refractivity contribution in [1.29, 1.82) is 5.26 Å². The number of ether oxygens (including phenoxy) is 1. The molecule has 0 spiro atoms. The summed E-state index contributed by atoms with van der Waals surface area (Å²) < 4.78 is 10.3. The molecule has 0 saturated carbocycles. The average molecular weight is 328 g/mol. The van der Waals surface area contributed by atoms with Crippen LogP contribution in [0, 0.1) is 18.3 Å². The SMILES string of the molecule is CCOC(=O)c1cc(C(Nc2ccc(C#N)cc2)C(=O)O)oc1C. The summed E-state index contributed by atoms with van der Waals surface area (Å²) in [6, 6.07) is 8.49. The van der Waals surface area contributed by atoms with Crippen LogP contribution in [0.1, 0.15) is 40.4 Å². The average Bonchev–Trinajstić information content (AvgIpc) is 2.94. The van der Waals surface area contributed by atoms with E-state index in [0.717, 1.165) is 0 Å².